The van der Waals surface area contributed by atoms with Crippen LogP contribution in [-0.4, -0.2) is 40.8 Å². The van der Waals surface area contributed by atoms with Crippen LogP contribution < -0.4 is 5.32 Å². The number of carboxylic acid groups (broad SMARTS) is 1. The third-order valence-electron chi connectivity index (χ3n) is 3.05. The molecule has 0 unspecified atom stereocenters. The van der Waals surface area contributed by atoms with Crippen LogP contribution in [0.2, 0.25) is 0 Å². The number of rotatable bonds is 1. The summed E-state index contributed by atoms with van der Waals surface area (Å²) in [6.45, 7) is 9.74. The number of piperidine rings is 1. The molecule has 1 heterocycles. The minimum absolute atomic E-state index is 0.0937. The fraction of sp³-hybridized carbons (Fsp3) is 0.909. The van der Waals surface area contributed by atoms with Gasteiger partial charge in [-0.2, -0.15) is 0 Å². The second-order valence-electron chi connectivity index (χ2n) is 5.36. The highest BCUT2D eigenvalue weighted by Crippen LogP contribution is 2.25. The smallest absolute Gasteiger partial charge is 0.408 e. The summed E-state index contributed by atoms with van der Waals surface area (Å²) < 4.78 is 0. The van der Waals surface area contributed by atoms with E-state index in [0.29, 0.717) is 5.92 Å². The maximum absolute atomic E-state index is 11.3. The third kappa shape index (κ3) is 2.84. The number of hydrogen-bond donors (Lipinski definition) is 2. The van der Waals surface area contributed by atoms with E-state index in [9.17, 15) is 9.90 Å². The number of hydrogen-bond acceptors (Lipinski definition) is 2. The summed E-state index contributed by atoms with van der Waals surface area (Å²) in [5.74, 6) is 0.432. The molecular weight excluding hydrogens is 192 g/mol. The van der Waals surface area contributed by atoms with Crippen LogP contribution in [0.5, 0.6) is 0 Å². The van der Waals surface area contributed by atoms with Gasteiger partial charge in [-0.05, 0) is 39.7 Å². The standard InChI is InChI=1S/C11H22N2O2/c1-8-5-6-12-7-9(8)13(10(14)15)11(2,3)4/h8-9,12H,5-7H2,1-4H3,(H,14,15)/t8-,9+/m0/s1. The molecule has 1 saturated heterocycles. The lowest BCUT2D eigenvalue weighted by molar-refractivity contribution is 0.0422. The third-order valence-corrected chi connectivity index (χ3v) is 3.05. The maximum Gasteiger partial charge on any atom is 0.408 e. The molecule has 0 aromatic carbocycles. The van der Waals surface area contributed by atoms with Crippen LogP contribution >= 0.6 is 0 Å². The van der Waals surface area contributed by atoms with Gasteiger partial charge < -0.3 is 10.4 Å². The monoisotopic (exact) mass is 214 g/mol. The van der Waals surface area contributed by atoms with Crippen molar-refractivity contribution in [2.45, 2.75) is 45.7 Å². The Balaban J connectivity index is 2.83. The zero-order valence-corrected chi connectivity index (χ0v) is 10.1. The molecule has 1 amide bonds. The molecule has 88 valence electrons. The Morgan fingerprint density at radius 1 is 1.47 bits per heavy atom. The molecule has 0 spiro atoms. The Bertz CT molecular complexity index is 235. The van der Waals surface area contributed by atoms with E-state index in [2.05, 4.69) is 12.2 Å². The summed E-state index contributed by atoms with van der Waals surface area (Å²) in [4.78, 5) is 12.9. The van der Waals surface area contributed by atoms with E-state index in [1.807, 2.05) is 20.8 Å². The van der Waals surface area contributed by atoms with E-state index in [-0.39, 0.29) is 11.6 Å². The molecule has 15 heavy (non-hydrogen) atoms. The molecule has 1 fully saturated rings. The van der Waals surface area contributed by atoms with Crippen LogP contribution in [0.4, 0.5) is 4.79 Å². The average molecular weight is 214 g/mol. The van der Waals surface area contributed by atoms with Crippen molar-refractivity contribution in [1.29, 1.82) is 0 Å². The molecule has 0 aromatic rings. The predicted molar refractivity (Wildman–Crippen MR) is 60.1 cm³/mol. The van der Waals surface area contributed by atoms with Crippen molar-refractivity contribution >= 4 is 6.09 Å². The van der Waals surface area contributed by atoms with Crippen LogP contribution in [-0.2, 0) is 0 Å². The molecule has 0 saturated carbocycles. The van der Waals surface area contributed by atoms with Crippen molar-refractivity contribution in [3.05, 3.63) is 0 Å². The van der Waals surface area contributed by atoms with Crippen LogP contribution in [0.25, 0.3) is 0 Å². The zero-order valence-electron chi connectivity index (χ0n) is 10.1. The molecule has 2 N–H and O–H groups in total. The van der Waals surface area contributed by atoms with Crippen molar-refractivity contribution < 1.29 is 9.90 Å². The molecule has 1 aliphatic heterocycles. The SMILES string of the molecule is C[C@H]1CCNC[C@H]1N(C(=O)O)C(C)(C)C. The first-order valence-corrected chi connectivity index (χ1v) is 5.57. The van der Waals surface area contributed by atoms with Gasteiger partial charge in [0.25, 0.3) is 0 Å². The first kappa shape index (κ1) is 12.3. The summed E-state index contributed by atoms with van der Waals surface area (Å²) in [7, 11) is 0. The van der Waals surface area contributed by atoms with Crippen molar-refractivity contribution in [2.24, 2.45) is 5.92 Å². The fourth-order valence-corrected chi connectivity index (χ4v) is 2.25. The minimum atomic E-state index is -0.817. The van der Waals surface area contributed by atoms with Crippen molar-refractivity contribution in [1.82, 2.24) is 10.2 Å². The summed E-state index contributed by atoms with van der Waals surface area (Å²) in [6, 6.07) is 0.0937. The van der Waals surface area contributed by atoms with Gasteiger partial charge in [-0.15, -0.1) is 0 Å². The molecule has 1 aliphatic rings. The lowest BCUT2D eigenvalue weighted by Gasteiger charge is -2.44. The Hall–Kier alpha value is -0.770. The molecule has 2 atom stereocenters. The quantitative estimate of drug-likeness (QED) is 0.699. The number of amides is 1. The Kier molecular flexibility index (Phi) is 3.60. The number of nitrogens with zero attached hydrogens (tertiary/aromatic N) is 1. The highest BCUT2D eigenvalue weighted by molar-refractivity contribution is 5.66. The summed E-state index contributed by atoms with van der Waals surface area (Å²) in [5.41, 5.74) is -0.330. The molecule has 4 nitrogen and oxygen atoms in total. The van der Waals surface area contributed by atoms with Gasteiger partial charge in [0.05, 0.1) is 6.04 Å². The second kappa shape index (κ2) is 4.39. The van der Waals surface area contributed by atoms with Crippen LogP contribution in [0.15, 0.2) is 0 Å². The topological polar surface area (TPSA) is 52.6 Å². The number of carbonyl (C=O) groups is 1. The van der Waals surface area contributed by atoms with Gasteiger partial charge in [0.15, 0.2) is 0 Å². The fourth-order valence-electron chi connectivity index (χ4n) is 2.25. The van der Waals surface area contributed by atoms with E-state index in [4.69, 9.17) is 0 Å². The highest BCUT2D eigenvalue weighted by atomic mass is 16.4. The van der Waals surface area contributed by atoms with Gasteiger partial charge in [-0.25, -0.2) is 4.79 Å². The second-order valence-corrected chi connectivity index (χ2v) is 5.36. The lowest BCUT2D eigenvalue weighted by Crippen LogP contribution is -2.58. The Morgan fingerprint density at radius 2 is 2.07 bits per heavy atom. The summed E-state index contributed by atoms with van der Waals surface area (Å²) >= 11 is 0. The van der Waals surface area contributed by atoms with Gasteiger partial charge in [0.1, 0.15) is 0 Å². The van der Waals surface area contributed by atoms with Gasteiger partial charge >= 0.3 is 6.09 Å². The first-order chi connectivity index (χ1) is 6.84. The van der Waals surface area contributed by atoms with E-state index >= 15 is 0 Å². The molecule has 0 aliphatic carbocycles. The molecule has 0 aromatic heterocycles. The zero-order chi connectivity index (χ0) is 11.6. The highest BCUT2D eigenvalue weighted by Gasteiger charge is 2.36. The maximum atomic E-state index is 11.3. The van der Waals surface area contributed by atoms with Crippen molar-refractivity contribution in [3.8, 4) is 0 Å². The van der Waals surface area contributed by atoms with Crippen molar-refractivity contribution in [2.75, 3.05) is 13.1 Å². The number of nitrogens with one attached hydrogen (secondary N) is 1. The molecule has 1 rings (SSSR count). The van der Waals surface area contributed by atoms with Crippen LogP contribution in [0.3, 0.4) is 0 Å². The van der Waals surface area contributed by atoms with Crippen LogP contribution in [0.1, 0.15) is 34.1 Å². The minimum Gasteiger partial charge on any atom is -0.465 e. The first-order valence-electron chi connectivity index (χ1n) is 5.57. The Labute approximate surface area is 91.6 Å². The van der Waals surface area contributed by atoms with Gasteiger partial charge in [-0.3, -0.25) is 4.90 Å². The van der Waals surface area contributed by atoms with E-state index in [0.717, 1.165) is 19.5 Å². The molecular formula is C11H22N2O2. The largest absolute Gasteiger partial charge is 0.465 e. The average Bonchev–Trinajstić information content (AvgIpc) is 2.05. The molecule has 0 radical (unpaired) electrons. The molecule has 0 bridgehead atoms. The van der Waals surface area contributed by atoms with Crippen molar-refractivity contribution in [3.63, 3.8) is 0 Å². The Morgan fingerprint density at radius 3 is 2.47 bits per heavy atom. The summed E-state index contributed by atoms with van der Waals surface area (Å²) in [6.07, 6.45) is 0.230. The van der Waals surface area contributed by atoms with Gasteiger partial charge in [0, 0.05) is 12.1 Å². The van der Waals surface area contributed by atoms with E-state index in [1.165, 1.54) is 0 Å². The van der Waals surface area contributed by atoms with E-state index < -0.39 is 6.09 Å². The van der Waals surface area contributed by atoms with Gasteiger partial charge in [-0.1, -0.05) is 6.92 Å². The lowest BCUT2D eigenvalue weighted by atomic mass is 9.90. The normalized spacial score (nSPS) is 27.5. The summed E-state index contributed by atoms with van der Waals surface area (Å²) in [5, 5.41) is 12.5. The predicted octanol–water partition coefficient (Wildman–Crippen LogP) is 1.76. The molecule has 4 heteroatoms. The van der Waals surface area contributed by atoms with E-state index in [1.54, 1.807) is 4.90 Å². The van der Waals surface area contributed by atoms with Gasteiger partial charge in [0.2, 0.25) is 0 Å². The van der Waals surface area contributed by atoms with Crippen LogP contribution in [0, 0.1) is 5.92 Å².